The van der Waals surface area contributed by atoms with Crippen LogP contribution in [0.2, 0.25) is 0 Å². The molecule has 3 rings (SSSR count). The number of hydrogen-bond donors (Lipinski definition) is 1. The smallest absolute Gasteiger partial charge is 0.179 e. The summed E-state index contributed by atoms with van der Waals surface area (Å²) >= 11 is 0. The molecule has 5 heteroatoms. The van der Waals surface area contributed by atoms with E-state index in [1.54, 1.807) is 12.4 Å². The van der Waals surface area contributed by atoms with Gasteiger partial charge in [0.25, 0.3) is 0 Å². The van der Waals surface area contributed by atoms with Crippen LogP contribution >= 0.6 is 0 Å². The molecule has 0 aromatic carbocycles. The van der Waals surface area contributed by atoms with E-state index < -0.39 is 0 Å². The van der Waals surface area contributed by atoms with Crippen molar-refractivity contribution in [3.63, 3.8) is 0 Å². The molecule has 0 spiro atoms. The van der Waals surface area contributed by atoms with Crippen LogP contribution in [-0.2, 0) is 0 Å². The third kappa shape index (κ3) is 1.67. The molecule has 1 atom stereocenters. The molecule has 1 N–H and O–H groups in total. The average molecular weight is 217 g/mol. The molecule has 84 valence electrons. The first-order valence-electron chi connectivity index (χ1n) is 5.83. The van der Waals surface area contributed by atoms with Crippen LogP contribution in [0.3, 0.4) is 0 Å². The summed E-state index contributed by atoms with van der Waals surface area (Å²) in [6.45, 7) is 1.07. The predicted molar refractivity (Wildman–Crippen MR) is 60.0 cm³/mol. The number of aromatic nitrogens is 4. The Balaban J connectivity index is 1.97. The second kappa shape index (κ2) is 4.17. The van der Waals surface area contributed by atoms with Crippen molar-refractivity contribution in [3.05, 3.63) is 24.4 Å². The topological polar surface area (TPSA) is 55.1 Å². The second-order valence-electron chi connectivity index (χ2n) is 4.22. The molecule has 3 heterocycles. The van der Waals surface area contributed by atoms with Gasteiger partial charge in [0.1, 0.15) is 0 Å². The van der Waals surface area contributed by atoms with E-state index in [4.69, 9.17) is 0 Å². The zero-order valence-corrected chi connectivity index (χ0v) is 9.13. The molecule has 1 saturated heterocycles. The largest absolute Gasteiger partial charge is 0.307 e. The van der Waals surface area contributed by atoms with Crippen molar-refractivity contribution in [2.24, 2.45) is 0 Å². The normalized spacial score (nSPS) is 22.1. The van der Waals surface area contributed by atoms with E-state index in [1.807, 2.05) is 10.6 Å². The van der Waals surface area contributed by atoms with Crippen molar-refractivity contribution < 1.29 is 0 Å². The van der Waals surface area contributed by atoms with Crippen LogP contribution in [-0.4, -0.2) is 26.1 Å². The van der Waals surface area contributed by atoms with Gasteiger partial charge in [-0.1, -0.05) is 12.8 Å². The summed E-state index contributed by atoms with van der Waals surface area (Å²) < 4.78 is 2.02. The van der Waals surface area contributed by atoms with E-state index in [9.17, 15) is 0 Å². The number of hydrogen-bond acceptors (Lipinski definition) is 4. The van der Waals surface area contributed by atoms with Gasteiger partial charge < -0.3 is 5.32 Å². The maximum Gasteiger partial charge on any atom is 0.179 e. The molecular weight excluding hydrogens is 202 g/mol. The SMILES string of the molecule is c1cn2c(C3CCCCCN3)nnc2cn1. The molecule has 16 heavy (non-hydrogen) atoms. The molecule has 0 bridgehead atoms. The molecule has 0 radical (unpaired) electrons. The third-order valence-corrected chi connectivity index (χ3v) is 3.11. The highest BCUT2D eigenvalue weighted by Gasteiger charge is 2.18. The number of fused-ring (bicyclic) bond motifs is 1. The van der Waals surface area contributed by atoms with E-state index >= 15 is 0 Å². The first kappa shape index (κ1) is 9.72. The lowest BCUT2D eigenvalue weighted by atomic mass is 10.1. The Labute approximate surface area is 93.9 Å². The second-order valence-corrected chi connectivity index (χ2v) is 4.22. The van der Waals surface area contributed by atoms with E-state index in [0.29, 0.717) is 6.04 Å². The minimum atomic E-state index is 0.333. The molecule has 2 aromatic rings. The molecule has 1 aliphatic heterocycles. The standard InChI is InChI=1S/C11H15N5/c1-2-4-9(13-5-3-1)11-15-14-10-8-12-6-7-16(10)11/h6-9,13H,1-5H2. The van der Waals surface area contributed by atoms with Gasteiger partial charge in [-0.25, -0.2) is 0 Å². The van der Waals surface area contributed by atoms with E-state index in [0.717, 1.165) is 24.4 Å². The van der Waals surface area contributed by atoms with Crippen LogP contribution in [0.25, 0.3) is 5.65 Å². The number of nitrogens with one attached hydrogen (secondary N) is 1. The molecule has 0 aliphatic carbocycles. The van der Waals surface area contributed by atoms with Crippen molar-refractivity contribution in [2.75, 3.05) is 6.54 Å². The van der Waals surface area contributed by atoms with Crippen LogP contribution in [0.15, 0.2) is 18.6 Å². The molecule has 1 fully saturated rings. The van der Waals surface area contributed by atoms with Gasteiger partial charge in [0, 0.05) is 12.4 Å². The monoisotopic (exact) mass is 217 g/mol. The van der Waals surface area contributed by atoms with Gasteiger partial charge in [-0.3, -0.25) is 9.38 Å². The fraction of sp³-hybridized carbons (Fsp3) is 0.545. The highest BCUT2D eigenvalue weighted by atomic mass is 15.3. The van der Waals surface area contributed by atoms with Crippen LogP contribution in [0.1, 0.15) is 37.5 Å². The van der Waals surface area contributed by atoms with Crippen molar-refractivity contribution in [3.8, 4) is 0 Å². The summed E-state index contributed by atoms with van der Waals surface area (Å²) in [5.41, 5.74) is 0.823. The van der Waals surface area contributed by atoms with Crippen LogP contribution < -0.4 is 5.32 Å². The molecule has 5 nitrogen and oxygen atoms in total. The zero-order chi connectivity index (χ0) is 10.8. The lowest BCUT2D eigenvalue weighted by molar-refractivity contribution is 0.503. The van der Waals surface area contributed by atoms with Gasteiger partial charge in [-0.2, -0.15) is 0 Å². The Morgan fingerprint density at radius 1 is 1.25 bits per heavy atom. The van der Waals surface area contributed by atoms with Crippen molar-refractivity contribution >= 4 is 5.65 Å². The van der Waals surface area contributed by atoms with Gasteiger partial charge >= 0.3 is 0 Å². The summed E-state index contributed by atoms with van der Waals surface area (Å²) in [7, 11) is 0. The first-order chi connectivity index (χ1) is 7.95. The predicted octanol–water partition coefficient (Wildman–Crippen LogP) is 1.33. The van der Waals surface area contributed by atoms with Gasteiger partial charge in [0.2, 0.25) is 0 Å². The lowest BCUT2D eigenvalue weighted by Crippen LogP contribution is -2.22. The van der Waals surface area contributed by atoms with E-state index in [2.05, 4.69) is 20.5 Å². The Hall–Kier alpha value is -1.49. The number of nitrogens with zero attached hydrogens (tertiary/aromatic N) is 4. The Morgan fingerprint density at radius 2 is 2.25 bits per heavy atom. The fourth-order valence-corrected chi connectivity index (χ4v) is 2.26. The molecule has 1 unspecified atom stereocenters. The van der Waals surface area contributed by atoms with Gasteiger partial charge in [0.15, 0.2) is 11.5 Å². The maximum absolute atomic E-state index is 4.27. The molecular formula is C11H15N5. The quantitative estimate of drug-likeness (QED) is 0.783. The number of rotatable bonds is 1. The highest BCUT2D eigenvalue weighted by molar-refractivity contribution is 5.34. The summed E-state index contributed by atoms with van der Waals surface area (Å²) in [6, 6.07) is 0.333. The van der Waals surface area contributed by atoms with Gasteiger partial charge in [0.05, 0.1) is 12.2 Å². The van der Waals surface area contributed by atoms with Gasteiger partial charge in [-0.05, 0) is 19.4 Å². The van der Waals surface area contributed by atoms with Gasteiger partial charge in [-0.15, -0.1) is 10.2 Å². The maximum atomic E-state index is 4.27. The fourth-order valence-electron chi connectivity index (χ4n) is 2.26. The summed E-state index contributed by atoms with van der Waals surface area (Å²) in [5, 5.41) is 11.9. The van der Waals surface area contributed by atoms with Crippen molar-refractivity contribution in [1.29, 1.82) is 0 Å². The van der Waals surface area contributed by atoms with Crippen molar-refractivity contribution in [1.82, 2.24) is 24.9 Å². The third-order valence-electron chi connectivity index (χ3n) is 3.11. The Bertz CT molecular complexity index is 470. The van der Waals surface area contributed by atoms with Crippen LogP contribution in [0.5, 0.6) is 0 Å². The molecule has 0 amide bonds. The van der Waals surface area contributed by atoms with Crippen LogP contribution in [0, 0.1) is 0 Å². The van der Waals surface area contributed by atoms with Crippen molar-refractivity contribution in [2.45, 2.75) is 31.7 Å². The molecule has 1 aliphatic rings. The zero-order valence-electron chi connectivity index (χ0n) is 9.13. The Morgan fingerprint density at radius 3 is 3.25 bits per heavy atom. The summed E-state index contributed by atoms with van der Waals surface area (Å²) in [6.07, 6.45) is 10.4. The lowest BCUT2D eigenvalue weighted by Gasteiger charge is -2.13. The average Bonchev–Trinajstić information content (AvgIpc) is 2.57. The van der Waals surface area contributed by atoms with E-state index in [-0.39, 0.29) is 0 Å². The van der Waals surface area contributed by atoms with Crippen LogP contribution in [0.4, 0.5) is 0 Å². The first-order valence-corrected chi connectivity index (χ1v) is 5.83. The summed E-state index contributed by atoms with van der Waals surface area (Å²) in [4.78, 5) is 4.05. The molecule has 2 aromatic heterocycles. The van der Waals surface area contributed by atoms with E-state index in [1.165, 1.54) is 19.3 Å². The minimum absolute atomic E-state index is 0.333. The highest BCUT2D eigenvalue weighted by Crippen LogP contribution is 2.21. The Kier molecular flexibility index (Phi) is 2.53. The minimum Gasteiger partial charge on any atom is -0.307 e. The summed E-state index contributed by atoms with van der Waals surface area (Å²) in [5.74, 6) is 1.01. The molecule has 0 saturated carbocycles.